The fourth-order valence-electron chi connectivity index (χ4n) is 2.10. The molecule has 2 aromatic carbocycles. The molecule has 5 heteroatoms. The summed E-state index contributed by atoms with van der Waals surface area (Å²) in [5, 5.41) is 9.98. The molecule has 2 aromatic rings. The molecule has 0 amide bonds. The van der Waals surface area contributed by atoms with Crippen molar-refractivity contribution < 1.29 is 24.1 Å². The van der Waals surface area contributed by atoms with E-state index in [1.807, 2.05) is 36.4 Å². The van der Waals surface area contributed by atoms with Crippen molar-refractivity contribution in [1.82, 2.24) is 0 Å². The summed E-state index contributed by atoms with van der Waals surface area (Å²) in [7, 11) is 0. The third kappa shape index (κ3) is 3.62. The van der Waals surface area contributed by atoms with Gasteiger partial charge in [0.2, 0.25) is 0 Å². The molecule has 0 saturated heterocycles. The van der Waals surface area contributed by atoms with Gasteiger partial charge in [0, 0.05) is 0 Å². The highest BCUT2D eigenvalue weighted by atomic mass is 16.6. The number of ether oxygens (including phenoxy) is 4. The lowest BCUT2D eigenvalue weighted by Gasteiger charge is -2.15. The average Bonchev–Trinajstić information content (AvgIpc) is 2.57. The molecule has 1 aliphatic rings. The second kappa shape index (κ2) is 7.04. The SMILES string of the molecule is OC1COc2ccccc2OCCOc2ccccc2OC1. The van der Waals surface area contributed by atoms with Crippen LogP contribution in [0, 0.1) is 0 Å². The van der Waals surface area contributed by atoms with E-state index in [9.17, 15) is 5.11 Å². The molecular formula is C17H18O5. The van der Waals surface area contributed by atoms with Gasteiger partial charge in [0.1, 0.15) is 32.5 Å². The zero-order valence-electron chi connectivity index (χ0n) is 12.1. The van der Waals surface area contributed by atoms with Gasteiger partial charge in [-0.2, -0.15) is 0 Å². The summed E-state index contributed by atoms with van der Waals surface area (Å²) in [4.78, 5) is 0. The zero-order valence-corrected chi connectivity index (χ0v) is 12.1. The van der Waals surface area contributed by atoms with Crippen molar-refractivity contribution in [2.45, 2.75) is 6.10 Å². The Kier molecular flexibility index (Phi) is 4.65. The first kappa shape index (κ1) is 14.5. The molecule has 0 bridgehead atoms. The van der Waals surface area contributed by atoms with Gasteiger partial charge in [-0.05, 0) is 24.3 Å². The van der Waals surface area contributed by atoms with Crippen LogP contribution in [0.3, 0.4) is 0 Å². The van der Waals surface area contributed by atoms with Gasteiger partial charge in [-0.15, -0.1) is 0 Å². The number of benzene rings is 2. The number of aliphatic hydroxyl groups excluding tert-OH is 1. The molecule has 0 aliphatic carbocycles. The Morgan fingerprint density at radius 2 is 1.00 bits per heavy atom. The van der Waals surface area contributed by atoms with Crippen molar-refractivity contribution in [3.05, 3.63) is 48.5 Å². The van der Waals surface area contributed by atoms with E-state index < -0.39 is 6.10 Å². The summed E-state index contributed by atoms with van der Waals surface area (Å²) >= 11 is 0. The van der Waals surface area contributed by atoms with Gasteiger partial charge < -0.3 is 24.1 Å². The fourth-order valence-corrected chi connectivity index (χ4v) is 2.10. The lowest BCUT2D eigenvalue weighted by molar-refractivity contribution is 0.0612. The fraction of sp³-hybridized carbons (Fsp3) is 0.294. The minimum absolute atomic E-state index is 0.128. The number of hydrogen-bond donors (Lipinski definition) is 1. The first-order chi connectivity index (χ1) is 10.8. The van der Waals surface area contributed by atoms with Crippen LogP contribution >= 0.6 is 0 Å². The molecule has 1 N–H and O–H groups in total. The normalized spacial score (nSPS) is 16.0. The molecule has 3 rings (SSSR count). The quantitative estimate of drug-likeness (QED) is 0.809. The predicted octanol–water partition coefficient (Wildman–Crippen LogP) is 2.28. The maximum absolute atomic E-state index is 9.98. The van der Waals surface area contributed by atoms with Crippen LogP contribution in [0.5, 0.6) is 23.0 Å². The number of fused-ring (bicyclic) bond motifs is 2. The smallest absolute Gasteiger partial charge is 0.161 e. The molecule has 0 unspecified atom stereocenters. The summed E-state index contributed by atoms with van der Waals surface area (Å²) in [5.41, 5.74) is 0. The Hall–Kier alpha value is -2.40. The lowest BCUT2D eigenvalue weighted by Crippen LogP contribution is -2.25. The minimum Gasteiger partial charge on any atom is -0.487 e. The van der Waals surface area contributed by atoms with E-state index in [0.29, 0.717) is 36.2 Å². The summed E-state index contributed by atoms with van der Waals surface area (Å²) in [6, 6.07) is 14.7. The van der Waals surface area contributed by atoms with Gasteiger partial charge >= 0.3 is 0 Å². The Morgan fingerprint density at radius 1 is 0.636 bits per heavy atom. The van der Waals surface area contributed by atoms with Crippen molar-refractivity contribution in [1.29, 1.82) is 0 Å². The van der Waals surface area contributed by atoms with Crippen LogP contribution in [-0.2, 0) is 0 Å². The van der Waals surface area contributed by atoms with Crippen LogP contribution in [0.4, 0.5) is 0 Å². The van der Waals surface area contributed by atoms with E-state index in [-0.39, 0.29) is 13.2 Å². The van der Waals surface area contributed by atoms with Crippen LogP contribution in [0.2, 0.25) is 0 Å². The van der Waals surface area contributed by atoms with Crippen molar-refractivity contribution in [3.63, 3.8) is 0 Å². The number of hydrogen-bond acceptors (Lipinski definition) is 5. The van der Waals surface area contributed by atoms with E-state index in [1.165, 1.54) is 0 Å². The summed E-state index contributed by atoms with van der Waals surface area (Å²) < 4.78 is 22.6. The van der Waals surface area contributed by atoms with Crippen molar-refractivity contribution >= 4 is 0 Å². The summed E-state index contributed by atoms with van der Waals surface area (Å²) in [6.45, 7) is 1.03. The zero-order chi connectivity index (χ0) is 15.2. The second-order valence-corrected chi connectivity index (χ2v) is 4.87. The summed E-state index contributed by atoms with van der Waals surface area (Å²) in [5.74, 6) is 2.45. The molecule has 0 atom stereocenters. The van der Waals surface area contributed by atoms with Gasteiger partial charge in [-0.3, -0.25) is 0 Å². The highest BCUT2D eigenvalue weighted by molar-refractivity contribution is 5.40. The van der Waals surface area contributed by atoms with E-state index in [1.54, 1.807) is 12.1 Å². The lowest BCUT2D eigenvalue weighted by atomic mass is 10.3. The van der Waals surface area contributed by atoms with Gasteiger partial charge in [-0.25, -0.2) is 0 Å². The van der Waals surface area contributed by atoms with Crippen molar-refractivity contribution in [2.75, 3.05) is 26.4 Å². The van der Waals surface area contributed by atoms with E-state index in [0.717, 1.165) is 0 Å². The molecule has 0 fully saturated rings. The average molecular weight is 302 g/mol. The van der Waals surface area contributed by atoms with Gasteiger partial charge in [0.05, 0.1) is 0 Å². The molecule has 0 spiro atoms. The van der Waals surface area contributed by atoms with Crippen LogP contribution in [0.1, 0.15) is 0 Å². The molecule has 0 aromatic heterocycles. The Balaban J connectivity index is 1.77. The Labute approximate surface area is 129 Å². The topological polar surface area (TPSA) is 57.2 Å². The molecule has 0 saturated carbocycles. The van der Waals surface area contributed by atoms with Crippen LogP contribution in [0.25, 0.3) is 0 Å². The largest absolute Gasteiger partial charge is 0.487 e. The van der Waals surface area contributed by atoms with Crippen LogP contribution in [0.15, 0.2) is 48.5 Å². The Morgan fingerprint density at radius 3 is 1.41 bits per heavy atom. The summed E-state index contributed by atoms with van der Waals surface area (Å²) in [6.07, 6.45) is -0.748. The number of aliphatic hydroxyl groups is 1. The first-order valence-electron chi connectivity index (χ1n) is 7.20. The number of rotatable bonds is 0. The monoisotopic (exact) mass is 302 g/mol. The molecular weight excluding hydrogens is 284 g/mol. The molecule has 22 heavy (non-hydrogen) atoms. The molecule has 116 valence electrons. The maximum Gasteiger partial charge on any atom is 0.161 e. The second-order valence-electron chi connectivity index (χ2n) is 4.87. The van der Waals surface area contributed by atoms with Crippen LogP contribution < -0.4 is 18.9 Å². The highest BCUT2D eigenvalue weighted by Gasteiger charge is 2.13. The van der Waals surface area contributed by atoms with Gasteiger partial charge in [0.15, 0.2) is 23.0 Å². The van der Waals surface area contributed by atoms with Crippen LogP contribution in [-0.4, -0.2) is 37.6 Å². The first-order valence-corrected chi connectivity index (χ1v) is 7.20. The van der Waals surface area contributed by atoms with Crippen molar-refractivity contribution in [3.8, 4) is 23.0 Å². The Bertz CT molecular complexity index is 560. The van der Waals surface area contributed by atoms with Gasteiger partial charge in [-0.1, -0.05) is 24.3 Å². The number of para-hydroxylation sites is 4. The third-order valence-electron chi connectivity index (χ3n) is 3.16. The molecule has 5 nitrogen and oxygen atoms in total. The van der Waals surface area contributed by atoms with E-state index >= 15 is 0 Å². The van der Waals surface area contributed by atoms with E-state index in [2.05, 4.69) is 0 Å². The van der Waals surface area contributed by atoms with Gasteiger partial charge in [0.25, 0.3) is 0 Å². The van der Waals surface area contributed by atoms with Crippen molar-refractivity contribution in [2.24, 2.45) is 0 Å². The molecule has 1 heterocycles. The molecule has 0 radical (unpaired) electrons. The standard InChI is InChI=1S/C17H18O5/c18-13-11-21-16-7-3-1-5-14(16)19-9-10-20-15-6-2-4-8-17(15)22-12-13/h1-8,13,18H,9-12H2. The third-order valence-corrected chi connectivity index (χ3v) is 3.16. The predicted molar refractivity (Wildman–Crippen MR) is 80.9 cm³/mol. The highest BCUT2D eigenvalue weighted by Crippen LogP contribution is 2.29. The van der Waals surface area contributed by atoms with E-state index in [4.69, 9.17) is 18.9 Å². The molecule has 1 aliphatic heterocycles. The maximum atomic E-state index is 9.98. The minimum atomic E-state index is -0.748.